The minimum Gasteiger partial charge on any atom is -0.381 e. The summed E-state index contributed by atoms with van der Waals surface area (Å²) in [6.45, 7) is 1.83. The lowest BCUT2D eigenvalue weighted by Crippen LogP contribution is -2.49. The van der Waals surface area contributed by atoms with Crippen molar-refractivity contribution in [2.75, 3.05) is 13.2 Å². The highest BCUT2D eigenvalue weighted by Gasteiger charge is 2.37. The van der Waals surface area contributed by atoms with E-state index in [0.717, 1.165) is 45.3 Å². The Kier molecular flexibility index (Phi) is 4.48. The van der Waals surface area contributed by atoms with E-state index in [0.29, 0.717) is 11.5 Å². The molecule has 0 aromatic carbocycles. The van der Waals surface area contributed by atoms with Gasteiger partial charge >= 0.3 is 6.03 Å². The summed E-state index contributed by atoms with van der Waals surface area (Å²) in [7, 11) is 0. The second-order valence-electron chi connectivity index (χ2n) is 7.82. The molecule has 24 heavy (non-hydrogen) atoms. The summed E-state index contributed by atoms with van der Waals surface area (Å²) in [6, 6.07) is 0.548. The van der Waals surface area contributed by atoms with Crippen LogP contribution in [-0.4, -0.2) is 41.5 Å². The van der Waals surface area contributed by atoms with Crippen LogP contribution in [0.1, 0.15) is 56.2 Å². The van der Waals surface area contributed by atoms with Gasteiger partial charge in [0.25, 0.3) is 0 Å². The molecule has 3 aliphatic rings. The van der Waals surface area contributed by atoms with Crippen molar-refractivity contribution in [3.63, 3.8) is 0 Å². The van der Waals surface area contributed by atoms with Crippen molar-refractivity contribution in [1.29, 1.82) is 0 Å². The first kappa shape index (κ1) is 15.9. The number of ether oxygens (including phenoxy) is 1. The maximum absolute atomic E-state index is 12.3. The molecule has 1 atom stereocenters. The number of hydrogen-bond acceptors (Lipinski definition) is 3. The van der Waals surface area contributed by atoms with Crippen LogP contribution in [0.15, 0.2) is 6.20 Å². The highest BCUT2D eigenvalue weighted by Crippen LogP contribution is 2.44. The highest BCUT2D eigenvalue weighted by atomic mass is 16.5. The van der Waals surface area contributed by atoms with E-state index in [1.165, 1.54) is 36.9 Å². The Balaban J connectivity index is 1.23. The van der Waals surface area contributed by atoms with Gasteiger partial charge in [-0.15, -0.1) is 0 Å². The van der Waals surface area contributed by atoms with Crippen molar-refractivity contribution >= 4 is 6.03 Å². The predicted octanol–water partition coefficient (Wildman–Crippen LogP) is 2.31. The number of carbonyl (C=O) groups excluding carboxylic acids is 1. The number of aryl methyl sites for hydroxylation is 1. The van der Waals surface area contributed by atoms with Crippen LogP contribution in [0.25, 0.3) is 0 Å². The van der Waals surface area contributed by atoms with Crippen LogP contribution in [0.5, 0.6) is 0 Å². The summed E-state index contributed by atoms with van der Waals surface area (Å²) >= 11 is 0. The third-order valence-corrected chi connectivity index (χ3v) is 6.29. The van der Waals surface area contributed by atoms with Crippen LogP contribution >= 0.6 is 0 Å². The van der Waals surface area contributed by atoms with Crippen LogP contribution in [0.2, 0.25) is 0 Å². The van der Waals surface area contributed by atoms with Crippen molar-refractivity contribution in [2.24, 2.45) is 5.41 Å². The summed E-state index contributed by atoms with van der Waals surface area (Å²) in [6.07, 6.45) is 11.8. The lowest BCUT2D eigenvalue weighted by atomic mass is 9.68. The zero-order chi connectivity index (χ0) is 16.4. The molecular formula is C18H28N4O2. The Morgan fingerprint density at radius 2 is 1.88 bits per heavy atom. The minimum atomic E-state index is -0.000118. The lowest BCUT2D eigenvalue weighted by molar-refractivity contribution is -0.00862. The summed E-state index contributed by atoms with van der Waals surface area (Å²) in [5, 5.41) is 13.5. The Hall–Kier alpha value is -1.56. The Morgan fingerprint density at radius 1 is 1.12 bits per heavy atom. The van der Waals surface area contributed by atoms with E-state index in [1.807, 2.05) is 6.20 Å². The molecule has 0 bridgehead atoms. The molecule has 2 aliphatic carbocycles. The molecule has 1 aromatic heterocycles. The van der Waals surface area contributed by atoms with E-state index in [2.05, 4.69) is 20.8 Å². The zero-order valence-electron chi connectivity index (χ0n) is 14.3. The molecule has 1 saturated carbocycles. The molecule has 132 valence electrons. The maximum Gasteiger partial charge on any atom is 0.315 e. The highest BCUT2D eigenvalue weighted by molar-refractivity contribution is 5.74. The SMILES string of the molecule is O=C(NC1CCC2(CCOCC2)CC1)NC1CCc2[nH]ncc2C1. The van der Waals surface area contributed by atoms with Crippen LogP contribution in [0.4, 0.5) is 4.79 Å². The molecule has 1 unspecified atom stereocenters. The largest absolute Gasteiger partial charge is 0.381 e. The Bertz CT molecular complexity index is 569. The monoisotopic (exact) mass is 332 g/mol. The number of nitrogens with zero attached hydrogens (tertiary/aromatic N) is 1. The summed E-state index contributed by atoms with van der Waals surface area (Å²) in [4.78, 5) is 12.3. The summed E-state index contributed by atoms with van der Waals surface area (Å²) < 4.78 is 5.51. The number of rotatable bonds is 2. The fraction of sp³-hybridized carbons (Fsp3) is 0.778. The molecule has 1 saturated heterocycles. The van der Waals surface area contributed by atoms with Gasteiger partial charge in [-0.05, 0) is 68.8 Å². The molecule has 6 heteroatoms. The number of fused-ring (bicyclic) bond motifs is 1. The number of carbonyl (C=O) groups is 1. The van der Waals surface area contributed by atoms with Gasteiger partial charge in [-0.3, -0.25) is 5.10 Å². The first-order chi connectivity index (χ1) is 11.7. The van der Waals surface area contributed by atoms with Crippen molar-refractivity contribution < 1.29 is 9.53 Å². The van der Waals surface area contributed by atoms with E-state index >= 15 is 0 Å². The number of nitrogens with one attached hydrogen (secondary N) is 3. The topological polar surface area (TPSA) is 79.0 Å². The maximum atomic E-state index is 12.3. The van der Waals surface area contributed by atoms with Gasteiger partial charge in [0.05, 0.1) is 6.20 Å². The number of aromatic amines is 1. The standard InChI is InChI=1S/C18H28N4O2/c23-17(21-15-1-2-16-13(11-15)12-19-22-16)20-14-3-5-18(6-4-14)7-9-24-10-8-18/h12,14-15H,1-11H2,(H,19,22)(H2,20,21,23). The average Bonchev–Trinajstić information content (AvgIpc) is 3.06. The van der Waals surface area contributed by atoms with E-state index in [-0.39, 0.29) is 12.1 Å². The normalized spacial score (nSPS) is 26.8. The van der Waals surface area contributed by atoms with Crippen LogP contribution in [-0.2, 0) is 17.6 Å². The van der Waals surface area contributed by atoms with E-state index in [1.54, 1.807) is 0 Å². The number of hydrogen-bond donors (Lipinski definition) is 3. The molecule has 3 N–H and O–H groups in total. The fourth-order valence-electron chi connectivity index (χ4n) is 4.63. The van der Waals surface area contributed by atoms with E-state index in [4.69, 9.17) is 4.74 Å². The number of H-pyrrole nitrogens is 1. The number of urea groups is 1. The van der Waals surface area contributed by atoms with Crippen molar-refractivity contribution in [3.05, 3.63) is 17.5 Å². The minimum absolute atomic E-state index is 0.000118. The average molecular weight is 332 g/mol. The molecule has 4 rings (SSSR count). The van der Waals surface area contributed by atoms with E-state index < -0.39 is 0 Å². The summed E-state index contributed by atoms with van der Waals surface area (Å²) in [5.74, 6) is 0. The quantitative estimate of drug-likeness (QED) is 0.777. The third-order valence-electron chi connectivity index (χ3n) is 6.29. The van der Waals surface area contributed by atoms with E-state index in [9.17, 15) is 4.79 Å². The van der Waals surface area contributed by atoms with Gasteiger partial charge in [-0.1, -0.05) is 0 Å². The second kappa shape index (κ2) is 6.75. The van der Waals surface area contributed by atoms with Gasteiger partial charge in [0.2, 0.25) is 0 Å². The molecular weight excluding hydrogens is 304 g/mol. The summed E-state index contributed by atoms with van der Waals surface area (Å²) in [5.41, 5.74) is 2.96. The fourth-order valence-corrected chi connectivity index (χ4v) is 4.63. The third kappa shape index (κ3) is 3.43. The van der Waals surface area contributed by atoms with Crippen LogP contribution in [0, 0.1) is 5.41 Å². The van der Waals surface area contributed by atoms with Gasteiger partial charge in [0.1, 0.15) is 0 Å². The van der Waals surface area contributed by atoms with Crippen molar-refractivity contribution in [2.45, 2.75) is 69.9 Å². The van der Waals surface area contributed by atoms with Gasteiger partial charge in [0, 0.05) is 31.0 Å². The molecule has 0 radical (unpaired) electrons. The molecule has 6 nitrogen and oxygen atoms in total. The molecule has 1 aromatic rings. The van der Waals surface area contributed by atoms with Crippen LogP contribution in [0.3, 0.4) is 0 Å². The molecule has 2 heterocycles. The zero-order valence-corrected chi connectivity index (χ0v) is 14.3. The number of amides is 2. The number of aromatic nitrogens is 2. The first-order valence-electron chi connectivity index (χ1n) is 9.38. The second-order valence-corrected chi connectivity index (χ2v) is 7.82. The molecule has 2 fully saturated rings. The smallest absolute Gasteiger partial charge is 0.315 e. The van der Waals surface area contributed by atoms with Gasteiger partial charge in [-0.2, -0.15) is 5.10 Å². The molecule has 2 amide bonds. The molecule has 1 aliphatic heterocycles. The van der Waals surface area contributed by atoms with Crippen molar-refractivity contribution in [1.82, 2.24) is 20.8 Å². The Morgan fingerprint density at radius 3 is 2.67 bits per heavy atom. The van der Waals surface area contributed by atoms with Crippen molar-refractivity contribution in [3.8, 4) is 0 Å². The van der Waals surface area contributed by atoms with Gasteiger partial charge < -0.3 is 15.4 Å². The Labute approximate surface area is 143 Å². The van der Waals surface area contributed by atoms with Crippen LogP contribution < -0.4 is 10.6 Å². The van der Waals surface area contributed by atoms with Gasteiger partial charge in [0.15, 0.2) is 0 Å². The van der Waals surface area contributed by atoms with Gasteiger partial charge in [-0.25, -0.2) is 4.79 Å². The first-order valence-corrected chi connectivity index (χ1v) is 9.38. The lowest BCUT2D eigenvalue weighted by Gasteiger charge is -2.43. The predicted molar refractivity (Wildman–Crippen MR) is 90.8 cm³/mol. The molecule has 1 spiro atoms.